The van der Waals surface area contributed by atoms with Crippen LogP contribution in [0.15, 0.2) is 127 Å². The third kappa shape index (κ3) is 4.58. The van der Waals surface area contributed by atoms with Gasteiger partial charge in [-0.2, -0.15) is 0 Å². The Labute approximate surface area is 318 Å². The molecule has 260 valence electrons. The first-order valence-electron chi connectivity index (χ1n) is 19.1. The van der Waals surface area contributed by atoms with Crippen molar-refractivity contribution in [3.63, 3.8) is 0 Å². The average molecular weight is 705 g/mol. The Kier molecular flexibility index (Phi) is 6.76. The third-order valence-electron chi connectivity index (χ3n) is 12.1. The van der Waals surface area contributed by atoms with Crippen molar-refractivity contribution in [3.8, 4) is 22.3 Å². The zero-order valence-corrected chi connectivity index (χ0v) is 32.8. The molecule has 0 spiro atoms. The van der Waals surface area contributed by atoms with Crippen molar-refractivity contribution in [1.82, 2.24) is 0 Å². The molecule has 1 aromatic heterocycles. The number of para-hydroxylation sites is 2. The molecule has 0 aliphatic carbocycles. The normalized spacial score (nSPS) is 15.2. The second-order valence-corrected chi connectivity index (χ2v) is 18.9. The second-order valence-electron chi connectivity index (χ2n) is 17.8. The summed E-state index contributed by atoms with van der Waals surface area (Å²) in [6.45, 7) is 18.9. The molecule has 0 unspecified atom stereocenters. The lowest BCUT2D eigenvalue weighted by Gasteiger charge is -2.51. The molecule has 2 nitrogen and oxygen atoms in total. The van der Waals surface area contributed by atoms with Crippen molar-refractivity contribution in [3.05, 3.63) is 150 Å². The van der Waals surface area contributed by atoms with E-state index >= 15 is 0 Å². The van der Waals surface area contributed by atoms with Crippen LogP contribution in [-0.2, 0) is 16.2 Å². The van der Waals surface area contributed by atoms with Crippen molar-refractivity contribution in [2.24, 2.45) is 0 Å². The third-order valence-corrected chi connectivity index (χ3v) is 13.3. The van der Waals surface area contributed by atoms with E-state index in [1.165, 1.54) is 93.3 Å². The fourth-order valence-electron chi connectivity index (χ4n) is 9.30. The predicted molar refractivity (Wildman–Crippen MR) is 231 cm³/mol. The molecule has 3 aliphatic rings. The number of benzene rings is 6. The van der Waals surface area contributed by atoms with Gasteiger partial charge in [-0.05, 0) is 80.0 Å². The van der Waals surface area contributed by atoms with Crippen LogP contribution >= 0.6 is 11.3 Å². The Bertz CT molecular complexity index is 2640. The monoisotopic (exact) mass is 704 g/mol. The molecule has 53 heavy (non-hydrogen) atoms. The highest BCUT2D eigenvalue weighted by atomic mass is 32.1. The molecule has 0 atom stereocenters. The van der Waals surface area contributed by atoms with Gasteiger partial charge in [0, 0.05) is 48.5 Å². The lowest BCUT2D eigenvalue weighted by Crippen LogP contribution is -2.62. The highest BCUT2D eigenvalue weighted by Crippen LogP contribution is 2.57. The summed E-state index contributed by atoms with van der Waals surface area (Å²) < 4.78 is 2.72. The number of anilines is 5. The van der Waals surface area contributed by atoms with Crippen molar-refractivity contribution in [2.75, 3.05) is 9.71 Å². The van der Waals surface area contributed by atoms with E-state index in [-0.39, 0.29) is 23.1 Å². The molecular formula is C49H45BN2S. The van der Waals surface area contributed by atoms with Gasteiger partial charge in [0.2, 0.25) is 0 Å². The maximum atomic E-state index is 2.72. The van der Waals surface area contributed by atoms with Gasteiger partial charge in [0.25, 0.3) is 0 Å². The molecule has 6 aromatic carbocycles. The van der Waals surface area contributed by atoms with Crippen LogP contribution in [0.1, 0.15) is 77.6 Å². The number of fused-ring (bicyclic) bond motifs is 8. The van der Waals surface area contributed by atoms with Crippen LogP contribution in [0, 0.1) is 0 Å². The fourth-order valence-corrected chi connectivity index (χ4v) is 10.6. The van der Waals surface area contributed by atoms with Crippen LogP contribution in [0.4, 0.5) is 28.4 Å². The molecular weight excluding hydrogens is 659 g/mol. The van der Waals surface area contributed by atoms with E-state index in [0.717, 1.165) is 0 Å². The first-order chi connectivity index (χ1) is 25.3. The minimum atomic E-state index is -0.135. The van der Waals surface area contributed by atoms with Gasteiger partial charge in [-0.3, -0.25) is 0 Å². The summed E-state index contributed by atoms with van der Waals surface area (Å²) >= 11 is 1.97. The number of nitrogens with zero attached hydrogens (tertiary/aromatic N) is 2. The molecule has 4 heteroatoms. The van der Waals surface area contributed by atoms with Crippen LogP contribution < -0.4 is 20.0 Å². The van der Waals surface area contributed by atoms with Gasteiger partial charge < -0.3 is 9.71 Å². The van der Waals surface area contributed by atoms with Crippen LogP contribution in [0.3, 0.4) is 0 Å². The van der Waals surface area contributed by atoms with Crippen LogP contribution in [0.2, 0.25) is 0 Å². The van der Waals surface area contributed by atoms with Crippen LogP contribution in [-0.4, -0.2) is 6.85 Å². The predicted octanol–water partition coefficient (Wildman–Crippen LogP) is 12.5. The number of hydrogen-bond donors (Lipinski definition) is 0. The van der Waals surface area contributed by atoms with Crippen LogP contribution in [0.5, 0.6) is 0 Å². The molecule has 10 rings (SSSR count). The Morgan fingerprint density at radius 2 is 1.23 bits per heavy atom. The van der Waals surface area contributed by atoms with Gasteiger partial charge in [-0.15, -0.1) is 11.3 Å². The van der Waals surface area contributed by atoms with E-state index in [1.807, 2.05) is 11.3 Å². The van der Waals surface area contributed by atoms with E-state index in [4.69, 9.17) is 0 Å². The number of thiophene rings is 1. The average Bonchev–Trinajstić information content (AvgIpc) is 3.53. The molecule has 0 radical (unpaired) electrons. The molecule has 7 aromatic rings. The minimum Gasteiger partial charge on any atom is -0.375 e. The fraction of sp³-hybridized carbons (Fsp3) is 0.224. The molecule has 0 amide bonds. The van der Waals surface area contributed by atoms with Crippen molar-refractivity contribution in [2.45, 2.75) is 71.6 Å². The van der Waals surface area contributed by atoms with Crippen LogP contribution in [0.25, 0.3) is 32.3 Å². The van der Waals surface area contributed by atoms with E-state index in [0.29, 0.717) is 0 Å². The number of rotatable bonds is 2. The van der Waals surface area contributed by atoms with Crippen molar-refractivity contribution < 1.29 is 0 Å². The number of hydrogen-bond acceptors (Lipinski definition) is 3. The highest BCUT2D eigenvalue weighted by molar-refractivity contribution is 7.32. The first kappa shape index (κ1) is 32.6. The minimum absolute atomic E-state index is 0.0114. The quantitative estimate of drug-likeness (QED) is 0.165. The molecule has 0 saturated carbocycles. The van der Waals surface area contributed by atoms with E-state index in [1.54, 1.807) is 0 Å². The first-order valence-corrected chi connectivity index (χ1v) is 19.9. The zero-order chi connectivity index (χ0) is 36.6. The summed E-state index contributed by atoms with van der Waals surface area (Å²) in [6.07, 6.45) is 0. The zero-order valence-electron chi connectivity index (χ0n) is 32.0. The van der Waals surface area contributed by atoms with E-state index in [2.05, 4.69) is 192 Å². The summed E-state index contributed by atoms with van der Waals surface area (Å²) in [5.41, 5.74) is 18.4. The Hall–Kier alpha value is -5.06. The summed E-state index contributed by atoms with van der Waals surface area (Å²) in [7, 11) is 0. The maximum Gasteiger partial charge on any atom is 0.343 e. The highest BCUT2D eigenvalue weighted by Gasteiger charge is 2.51. The summed E-state index contributed by atoms with van der Waals surface area (Å²) in [5, 5.41) is 1.31. The molecule has 3 aliphatic heterocycles. The lowest BCUT2D eigenvalue weighted by molar-refractivity contribution is 0.590. The molecule has 4 heterocycles. The van der Waals surface area contributed by atoms with Gasteiger partial charge in [0.1, 0.15) is 0 Å². The van der Waals surface area contributed by atoms with E-state index in [9.17, 15) is 0 Å². The smallest absolute Gasteiger partial charge is 0.343 e. The van der Waals surface area contributed by atoms with Gasteiger partial charge in [0.15, 0.2) is 0 Å². The Morgan fingerprint density at radius 3 is 2.00 bits per heavy atom. The van der Waals surface area contributed by atoms with Gasteiger partial charge in [0.05, 0.1) is 11.4 Å². The second kappa shape index (κ2) is 11.0. The SMILES string of the molecule is CC(C)(C)c1ccc(N2c3cc(C(C)(C)C)cc4c3B(c3sc5ccccc5c32)N2c3ccccc3C(C)(C)c3cccc-4c32)c(-c2ccccc2)c1. The Morgan fingerprint density at radius 1 is 0.547 bits per heavy atom. The summed E-state index contributed by atoms with van der Waals surface area (Å²) in [6, 6.07) is 48.6. The summed E-state index contributed by atoms with van der Waals surface area (Å²) in [5.74, 6) is 0. The Balaban J connectivity index is 1.38. The van der Waals surface area contributed by atoms with Gasteiger partial charge >= 0.3 is 6.85 Å². The van der Waals surface area contributed by atoms with Crippen molar-refractivity contribution >= 4 is 66.9 Å². The van der Waals surface area contributed by atoms with Gasteiger partial charge in [-0.25, -0.2) is 0 Å². The molecule has 0 N–H and O–H groups in total. The van der Waals surface area contributed by atoms with Gasteiger partial charge in [-0.1, -0.05) is 152 Å². The standard InChI is InChI=1S/C49H45BN2S/c1-47(2,3)31-25-26-39(35(27-31)30-17-10-9-11-18-30)51-41-29-32(48(4,5)6)28-36-33-20-16-22-38-44(33)52(40-23-14-13-21-37(40)49(38,7)8)50(43(36)41)46-45(51)34-19-12-15-24-42(34)53-46/h9-29H,1-8H3. The van der Waals surface area contributed by atoms with Crippen molar-refractivity contribution in [1.29, 1.82) is 0 Å². The molecule has 0 fully saturated rings. The lowest BCUT2D eigenvalue weighted by atomic mass is 9.45. The largest absolute Gasteiger partial charge is 0.375 e. The topological polar surface area (TPSA) is 6.48 Å². The maximum absolute atomic E-state index is 2.72. The molecule has 0 bridgehead atoms. The summed E-state index contributed by atoms with van der Waals surface area (Å²) in [4.78, 5) is 5.38. The molecule has 0 saturated heterocycles. The van der Waals surface area contributed by atoms with E-state index < -0.39 is 0 Å².